The smallest absolute Gasteiger partial charge is 0.225 e. The number of hydrogen-bond acceptors (Lipinski definition) is 4. The third-order valence-corrected chi connectivity index (χ3v) is 4.74. The van der Waals surface area contributed by atoms with Crippen LogP contribution in [-0.2, 0) is 17.8 Å². The summed E-state index contributed by atoms with van der Waals surface area (Å²) in [5, 5.41) is 15.0. The van der Waals surface area contributed by atoms with Crippen LogP contribution in [0.15, 0.2) is 0 Å². The summed E-state index contributed by atoms with van der Waals surface area (Å²) in [5.74, 6) is 2.57. The minimum absolute atomic E-state index is 0.0685. The summed E-state index contributed by atoms with van der Waals surface area (Å²) in [6.45, 7) is 6.80. The van der Waals surface area contributed by atoms with E-state index in [9.17, 15) is 4.79 Å². The lowest BCUT2D eigenvalue weighted by molar-refractivity contribution is -0.126. The predicted molar refractivity (Wildman–Crippen MR) is 79.7 cm³/mol. The highest BCUT2D eigenvalue weighted by Gasteiger charge is 2.31. The van der Waals surface area contributed by atoms with Crippen LogP contribution < -0.4 is 10.6 Å². The average Bonchev–Trinajstić information content (AvgIpc) is 2.99. The highest BCUT2D eigenvalue weighted by molar-refractivity contribution is 5.79. The predicted octanol–water partition coefficient (Wildman–Crippen LogP) is 1.04. The van der Waals surface area contributed by atoms with E-state index in [0.29, 0.717) is 5.92 Å². The molecule has 0 aliphatic carbocycles. The number of nitrogens with zero attached hydrogens (tertiary/aromatic N) is 3. The zero-order valence-electron chi connectivity index (χ0n) is 12.9. The number of aromatic nitrogens is 3. The fourth-order valence-corrected chi connectivity index (χ4v) is 3.37. The van der Waals surface area contributed by atoms with Gasteiger partial charge in [0, 0.05) is 19.5 Å². The Morgan fingerprint density at radius 1 is 1.33 bits per heavy atom. The number of carbonyl (C=O) groups excluding carboxylic acids is 1. The second-order valence-corrected chi connectivity index (χ2v) is 6.41. The molecular formula is C15H25N5O. The Morgan fingerprint density at radius 3 is 2.95 bits per heavy atom. The van der Waals surface area contributed by atoms with Crippen molar-refractivity contribution in [3.63, 3.8) is 0 Å². The molecule has 1 saturated heterocycles. The Morgan fingerprint density at radius 2 is 2.19 bits per heavy atom. The standard InChI is InChI=1S/C15H25N5O/c1-10-8-16-9-12(10)15(21)17-11(2)14-19-18-13-6-4-3-5-7-20(13)14/h10-12,16H,3-9H2,1-2H3,(H,17,21). The maximum Gasteiger partial charge on any atom is 0.225 e. The van der Waals surface area contributed by atoms with Gasteiger partial charge in [-0.25, -0.2) is 0 Å². The van der Waals surface area contributed by atoms with E-state index in [2.05, 4.69) is 32.3 Å². The summed E-state index contributed by atoms with van der Waals surface area (Å²) < 4.78 is 2.20. The van der Waals surface area contributed by atoms with E-state index in [4.69, 9.17) is 0 Å². The molecular weight excluding hydrogens is 266 g/mol. The quantitative estimate of drug-likeness (QED) is 0.873. The van der Waals surface area contributed by atoms with Gasteiger partial charge in [0.05, 0.1) is 12.0 Å². The molecule has 0 saturated carbocycles. The molecule has 1 amide bonds. The zero-order chi connectivity index (χ0) is 14.8. The maximum atomic E-state index is 12.4. The lowest BCUT2D eigenvalue weighted by Gasteiger charge is -2.19. The molecule has 0 bridgehead atoms. The number of rotatable bonds is 3. The Hall–Kier alpha value is -1.43. The van der Waals surface area contributed by atoms with Gasteiger partial charge in [0.1, 0.15) is 5.82 Å². The molecule has 3 heterocycles. The number of nitrogens with one attached hydrogen (secondary N) is 2. The van der Waals surface area contributed by atoms with Crippen molar-refractivity contribution in [1.82, 2.24) is 25.4 Å². The first-order valence-electron chi connectivity index (χ1n) is 8.10. The van der Waals surface area contributed by atoms with E-state index < -0.39 is 0 Å². The summed E-state index contributed by atoms with van der Waals surface area (Å²) >= 11 is 0. The van der Waals surface area contributed by atoms with Crippen LogP contribution in [0.25, 0.3) is 0 Å². The first-order chi connectivity index (χ1) is 10.2. The second kappa shape index (κ2) is 6.13. The highest BCUT2D eigenvalue weighted by Crippen LogP contribution is 2.21. The number of amides is 1. The van der Waals surface area contributed by atoms with Crippen LogP contribution in [0.3, 0.4) is 0 Å². The van der Waals surface area contributed by atoms with Gasteiger partial charge in [-0.15, -0.1) is 10.2 Å². The van der Waals surface area contributed by atoms with Gasteiger partial charge in [0.2, 0.25) is 5.91 Å². The van der Waals surface area contributed by atoms with Crippen molar-refractivity contribution in [3.8, 4) is 0 Å². The van der Waals surface area contributed by atoms with Crippen LogP contribution in [0.2, 0.25) is 0 Å². The molecule has 3 unspecified atom stereocenters. The molecule has 6 nitrogen and oxygen atoms in total. The number of aryl methyl sites for hydroxylation is 1. The monoisotopic (exact) mass is 291 g/mol. The maximum absolute atomic E-state index is 12.4. The van der Waals surface area contributed by atoms with E-state index in [1.165, 1.54) is 19.3 Å². The average molecular weight is 291 g/mol. The zero-order valence-corrected chi connectivity index (χ0v) is 12.9. The van der Waals surface area contributed by atoms with Crippen molar-refractivity contribution < 1.29 is 4.79 Å². The largest absolute Gasteiger partial charge is 0.346 e. The summed E-state index contributed by atoms with van der Waals surface area (Å²) in [5.41, 5.74) is 0. The fraction of sp³-hybridized carbons (Fsp3) is 0.800. The molecule has 21 heavy (non-hydrogen) atoms. The van der Waals surface area contributed by atoms with Crippen LogP contribution in [0.1, 0.15) is 50.8 Å². The second-order valence-electron chi connectivity index (χ2n) is 6.41. The fourth-order valence-electron chi connectivity index (χ4n) is 3.37. The van der Waals surface area contributed by atoms with Gasteiger partial charge < -0.3 is 15.2 Å². The Kier molecular flexibility index (Phi) is 4.24. The lowest BCUT2D eigenvalue weighted by Crippen LogP contribution is -2.37. The Labute approximate surface area is 125 Å². The normalized spacial score (nSPS) is 27.0. The summed E-state index contributed by atoms with van der Waals surface area (Å²) in [6.07, 6.45) is 4.60. The topological polar surface area (TPSA) is 71.8 Å². The van der Waals surface area contributed by atoms with Gasteiger partial charge in [-0.1, -0.05) is 13.3 Å². The Bertz CT molecular complexity index is 512. The molecule has 3 atom stereocenters. The van der Waals surface area contributed by atoms with Crippen molar-refractivity contribution in [2.45, 2.75) is 52.1 Å². The summed E-state index contributed by atoms with van der Waals surface area (Å²) in [4.78, 5) is 12.4. The van der Waals surface area contributed by atoms with Crippen molar-refractivity contribution in [2.75, 3.05) is 13.1 Å². The number of carbonyl (C=O) groups is 1. The number of hydrogen-bond donors (Lipinski definition) is 2. The first-order valence-corrected chi connectivity index (χ1v) is 8.10. The van der Waals surface area contributed by atoms with Gasteiger partial charge in [-0.2, -0.15) is 0 Å². The van der Waals surface area contributed by atoms with Crippen LogP contribution >= 0.6 is 0 Å². The van der Waals surface area contributed by atoms with Gasteiger partial charge >= 0.3 is 0 Å². The molecule has 6 heteroatoms. The minimum atomic E-state index is -0.0790. The molecule has 1 fully saturated rings. The van der Waals surface area contributed by atoms with E-state index in [-0.39, 0.29) is 17.9 Å². The molecule has 1 aromatic heterocycles. The van der Waals surface area contributed by atoms with Crippen molar-refractivity contribution in [2.24, 2.45) is 11.8 Å². The van der Waals surface area contributed by atoms with E-state index in [0.717, 1.165) is 37.7 Å². The van der Waals surface area contributed by atoms with Crippen molar-refractivity contribution in [1.29, 1.82) is 0 Å². The molecule has 2 aliphatic rings. The van der Waals surface area contributed by atoms with Crippen LogP contribution in [0.4, 0.5) is 0 Å². The minimum Gasteiger partial charge on any atom is -0.346 e. The number of fused-ring (bicyclic) bond motifs is 1. The van der Waals surface area contributed by atoms with E-state index in [1.54, 1.807) is 0 Å². The molecule has 2 aliphatic heterocycles. The van der Waals surface area contributed by atoms with Gasteiger partial charge in [-0.3, -0.25) is 4.79 Å². The molecule has 2 N–H and O–H groups in total. The molecule has 3 rings (SSSR count). The Balaban J connectivity index is 1.69. The van der Waals surface area contributed by atoms with Gasteiger partial charge in [-0.05, 0) is 32.2 Å². The van der Waals surface area contributed by atoms with Gasteiger partial charge in [0.15, 0.2) is 5.82 Å². The molecule has 1 aromatic rings. The molecule has 0 radical (unpaired) electrons. The van der Waals surface area contributed by atoms with Gasteiger partial charge in [0.25, 0.3) is 0 Å². The van der Waals surface area contributed by atoms with E-state index >= 15 is 0 Å². The SMILES string of the molecule is CC(NC(=O)C1CNCC1C)c1nnc2n1CCCCC2. The third-order valence-electron chi connectivity index (χ3n) is 4.74. The van der Waals surface area contributed by atoms with Crippen molar-refractivity contribution >= 4 is 5.91 Å². The summed E-state index contributed by atoms with van der Waals surface area (Å²) in [7, 11) is 0. The van der Waals surface area contributed by atoms with Crippen LogP contribution in [0.5, 0.6) is 0 Å². The van der Waals surface area contributed by atoms with Crippen molar-refractivity contribution in [3.05, 3.63) is 11.6 Å². The van der Waals surface area contributed by atoms with Crippen LogP contribution in [-0.4, -0.2) is 33.8 Å². The molecule has 116 valence electrons. The van der Waals surface area contributed by atoms with Crippen LogP contribution in [0, 0.1) is 11.8 Å². The van der Waals surface area contributed by atoms with E-state index in [1.807, 2.05) is 6.92 Å². The lowest BCUT2D eigenvalue weighted by atomic mass is 9.97. The summed E-state index contributed by atoms with van der Waals surface area (Å²) in [6, 6.07) is -0.0790. The first kappa shape index (κ1) is 14.5. The highest BCUT2D eigenvalue weighted by atomic mass is 16.2. The molecule has 0 aromatic carbocycles. The molecule has 0 spiro atoms. The third kappa shape index (κ3) is 2.95.